The first-order valence-corrected chi connectivity index (χ1v) is 6.21. The minimum Gasteiger partial charge on any atom is -0.321 e. The van der Waals surface area contributed by atoms with Crippen molar-refractivity contribution < 1.29 is 0 Å². The maximum atomic E-state index is 6.14. The van der Waals surface area contributed by atoms with Crippen molar-refractivity contribution in [2.45, 2.75) is 39.7 Å². The smallest absolute Gasteiger partial charge is 0.0483 e. The Balaban J connectivity index is 2.54. The van der Waals surface area contributed by atoms with Crippen LogP contribution in [-0.4, -0.2) is 0 Å². The fourth-order valence-corrected chi connectivity index (χ4v) is 1.75. The molecule has 0 radical (unpaired) electrons. The van der Waals surface area contributed by atoms with Gasteiger partial charge in [0.25, 0.3) is 0 Å². The molecule has 1 rings (SSSR count). The number of benzene rings is 1. The maximum absolute atomic E-state index is 6.14. The van der Waals surface area contributed by atoms with Gasteiger partial charge >= 0.3 is 0 Å². The van der Waals surface area contributed by atoms with Gasteiger partial charge in [-0.25, -0.2) is 0 Å². The maximum Gasteiger partial charge on any atom is 0.0483 e. The lowest BCUT2D eigenvalue weighted by Crippen LogP contribution is -2.07. The fraction of sp³-hybridized carbons (Fsp3) is 0.375. The molecule has 0 saturated carbocycles. The predicted molar refractivity (Wildman–Crippen MR) is 75.8 cm³/mol. The standard InChI is InChI=1S/C16H23N/c1-13(2)8-7-9-14(3)12-16(17)15-10-5-4-6-11-15/h4-6,8,10-12,16H,7,9,17H2,1-3H3. The highest BCUT2D eigenvalue weighted by Crippen LogP contribution is 2.15. The number of allylic oxidation sites excluding steroid dienone is 3. The third kappa shape index (κ3) is 5.50. The highest BCUT2D eigenvalue weighted by atomic mass is 14.6. The Morgan fingerprint density at radius 3 is 2.41 bits per heavy atom. The molecule has 0 spiro atoms. The lowest BCUT2D eigenvalue weighted by molar-refractivity contribution is 0.870. The normalized spacial score (nSPS) is 13.3. The molecule has 92 valence electrons. The summed E-state index contributed by atoms with van der Waals surface area (Å²) in [5.41, 5.74) is 10.1. The number of nitrogens with two attached hydrogens (primary N) is 1. The van der Waals surface area contributed by atoms with Gasteiger partial charge in [-0.1, -0.05) is 53.6 Å². The SMILES string of the molecule is CC(C)=CCCC(C)=CC(N)c1ccccc1. The number of hydrogen-bond donors (Lipinski definition) is 1. The van der Waals surface area contributed by atoms with Crippen molar-refractivity contribution in [3.8, 4) is 0 Å². The molecular weight excluding hydrogens is 206 g/mol. The van der Waals surface area contributed by atoms with Crippen molar-refractivity contribution in [3.05, 3.63) is 59.2 Å². The summed E-state index contributed by atoms with van der Waals surface area (Å²) in [5.74, 6) is 0. The first-order valence-electron chi connectivity index (χ1n) is 6.21. The van der Waals surface area contributed by atoms with Crippen LogP contribution in [0.5, 0.6) is 0 Å². The molecule has 0 bridgehead atoms. The van der Waals surface area contributed by atoms with Gasteiger partial charge in [-0.05, 0) is 39.2 Å². The third-order valence-corrected chi connectivity index (χ3v) is 2.74. The van der Waals surface area contributed by atoms with E-state index >= 15 is 0 Å². The summed E-state index contributed by atoms with van der Waals surface area (Å²) in [4.78, 5) is 0. The number of hydrogen-bond acceptors (Lipinski definition) is 1. The highest BCUT2D eigenvalue weighted by Gasteiger charge is 2.01. The van der Waals surface area contributed by atoms with Crippen LogP contribution in [0.4, 0.5) is 0 Å². The quantitative estimate of drug-likeness (QED) is 0.745. The van der Waals surface area contributed by atoms with Crippen molar-refractivity contribution in [1.82, 2.24) is 0 Å². The van der Waals surface area contributed by atoms with Gasteiger partial charge in [-0.15, -0.1) is 0 Å². The Labute approximate surface area is 105 Å². The van der Waals surface area contributed by atoms with Gasteiger partial charge < -0.3 is 5.73 Å². The van der Waals surface area contributed by atoms with Crippen molar-refractivity contribution in [3.63, 3.8) is 0 Å². The average molecular weight is 229 g/mol. The van der Waals surface area contributed by atoms with Crippen LogP contribution in [0.3, 0.4) is 0 Å². The zero-order chi connectivity index (χ0) is 12.7. The molecule has 1 aromatic carbocycles. The molecule has 0 fully saturated rings. The largest absolute Gasteiger partial charge is 0.321 e. The van der Waals surface area contributed by atoms with Crippen LogP contribution in [0, 0.1) is 0 Å². The predicted octanol–water partition coefficient (Wildman–Crippen LogP) is 4.38. The van der Waals surface area contributed by atoms with Gasteiger partial charge in [0.15, 0.2) is 0 Å². The van der Waals surface area contributed by atoms with E-state index in [9.17, 15) is 0 Å². The zero-order valence-corrected chi connectivity index (χ0v) is 11.1. The first-order chi connectivity index (χ1) is 8.09. The zero-order valence-electron chi connectivity index (χ0n) is 11.1. The van der Waals surface area contributed by atoms with E-state index in [-0.39, 0.29) is 6.04 Å². The lowest BCUT2D eigenvalue weighted by Gasteiger charge is -2.08. The summed E-state index contributed by atoms with van der Waals surface area (Å²) in [7, 11) is 0. The van der Waals surface area contributed by atoms with Crippen LogP contribution < -0.4 is 5.73 Å². The molecule has 2 N–H and O–H groups in total. The van der Waals surface area contributed by atoms with Gasteiger partial charge in [0.2, 0.25) is 0 Å². The van der Waals surface area contributed by atoms with Crippen LogP contribution >= 0.6 is 0 Å². The lowest BCUT2D eigenvalue weighted by atomic mass is 10.0. The fourth-order valence-electron chi connectivity index (χ4n) is 1.75. The summed E-state index contributed by atoms with van der Waals surface area (Å²) in [6.45, 7) is 6.42. The van der Waals surface area contributed by atoms with E-state index in [1.165, 1.54) is 16.7 Å². The molecule has 1 aromatic rings. The number of rotatable bonds is 5. The van der Waals surface area contributed by atoms with Crippen LogP contribution in [0.1, 0.15) is 45.2 Å². The average Bonchev–Trinajstić information content (AvgIpc) is 2.29. The third-order valence-electron chi connectivity index (χ3n) is 2.74. The molecule has 0 aliphatic heterocycles. The summed E-state index contributed by atoms with van der Waals surface area (Å²) in [6.07, 6.45) is 6.62. The molecule has 0 aromatic heterocycles. The Morgan fingerprint density at radius 2 is 1.82 bits per heavy atom. The molecule has 0 aliphatic rings. The molecule has 1 unspecified atom stereocenters. The van der Waals surface area contributed by atoms with E-state index in [2.05, 4.69) is 45.1 Å². The minimum absolute atomic E-state index is 0.0166. The van der Waals surface area contributed by atoms with E-state index in [0.717, 1.165) is 12.8 Å². The van der Waals surface area contributed by atoms with Crippen LogP contribution in [0.25, 0.3) is 0 Å². The summed E-state index contributed by atoms with van der Waals surface area (Å²) >= 11 is 0. The molecule has 1 atom stereocenters. The Bertz CT molecular complexity index is 383. The van der Waals surface area contributed by atoms with E-state index in [4.69, 9.17) is 5.73 Å². The van der Waals surface area contributed by atoms with Gasteiger partial charge in [-0.3, -0.25) is 0 Å². The van der Waals surface area contributed by atoms with Crippen molar-refractivity contribution >= 4 is 0 Å². The van der Waals surface area contributed by atoms with Crippen molar-refractivity contribution in [2.75, 3.05) is 0 Å². The highest BCUT2D eigenvalue weighted by molar-refractivity contribution is 5.23. The summed E-state index contributed by atoms with van der Waals surface area (Å²) < 4.78 is 0. The van der Waals surface area contributed by atoms with Crippen molar-refractivity contribution in [1.29, 1.82) is 0 Å². The van der Waals surface area contributed by atoms with E-state index in [1.54, 1.807) is 0 Å². The Hall–Kier alpha value is -1.34. The minimum atomic E-state index is 0.0166. The Morgan fingerprint density at radius 1 is 1.18 bits per heavy atom. The molecule has 0 saturated heterocycles. The van der Waals surface area contributed by atoms with E-state index in [0.29, 0.717) is 0 Å². The van der Waals surface area contributed by atoms with Crippen molar-refractivity contribution in [2.24, 2.45) is 5.73 Å². The van der Waals surface area contributed by atoms with Gasteiger partial charge in [0.1, 0.15) is 0 Å². The van der Waals surface area contributed by atoms with E-state index < -0.39 is 0 Å². The van der Waals surface area contributed by atoms with Gasteiger partial charge in [-0.2, -0.15) is 0 Å². The van der Waals surface area contributed by atoms with Gasteiger partial charge in [0.05, 0.1) is 0 Å². The van der Waals surface area contributed by atoms with Crippen LogP contribution in [0.15, 0.2) is 53.6 Å². The molecule has 1 nitrogen and oxygen atoms in total. The molecule has 1 heteroatoms. The molecule has 17 heavy (non-hydrogen) atoms. The van der Waals surface area contributed by atoms with Gasteiger partial charge in [0, 0.05) is 6.04 Å². The second-order valence-corrected chi connectivity index (χ2v) is 4.77. The van der Waals surface area contributed by atoms with Crippen LogP contribution in [0.2, 0.25) is 0 Å². The molecular formula is C16H23N. The second-order valence-electron chi connectivity index (χ2n) is 4.77. The monoisotopic (exact) mass is 229 g/mol. The van der Waals surface area contributed by atoms with E-state index in [1.807, 2.05) is 18.2 Å². The summed E-state index contributed by atoms with van der Waals surface area (Å²) in [6, 6.07) is 10.2. The Kier molecular flexibility index (Phi) is 5.71. The topological polar surface area (TPSA) is 26.0 Å². The second kappa shape index (κ2) is 7.08. The molecule has 0 heterocycles. The molecule has 0 aliphatic carbocycles. The summed E-state index contributed by atoms with van der Waals surface area (Å²) in [5, 5.41) is 0. The molecule has 0 amide bonds. The van der Waals surface area contributed by atoms with Crippen LogP contribution in [-0.2, 0) is 0 Å². The first kappa shape index (κ1) is 13.7.